The Morgan fingerprint density at radius 1 is 1.26 bits per heavy atom. The average molecular weight is 604 g/mol. The number of hydrogen-bond acceptors (Lipinski definition) is 7. The first-order chi connectivity index (χ1) is 19.6. The topological polar surface area (TPSA) is 146 Å². The first-order valence-electron chi connectivity index (χ1n) is 13.5. The van der Waals surface area contributed by atoms with Gasteiger partial charge >= 0.3 is 12.1 Å². The molecule has 0 aliphatic carbocycles. The van der Waals surface area contributed by atoms with E-state index in [9.17, 15) is 19.2 Å². The summed E-state index contributed by atoms with van der Waals surface area (Å²) in [7, 11) is 1.43. The molecule has 1 aliphatic heterocycles. The molecule has 42 heavy (non-hydrogen) atoms. The zero-order valence-electron chi connectivity index (χ0n) is 25.3. The van der Waals surface area contributed by atoms with Crippen molar-refractivity contribution in [1.82, 2.24) is 10.6 Å². The molecule has 0 aromatic heterocycles. The minimum atomic E-state index is -0.906. The number of ether oxygens (including phenoxy) is 3. The molecule has 0 aromatic carbocycles. The van der Waals surface area contributed by atoms with Gasteiger partial charge in [0.25, 0.3) is 5.91 Å². The summed E-state index contributed by atoms with van der Waals surface area (Å²) in [5.41, 5.74) is 5.39. The van der Waals surface area contributed by atoms with E-state index < -0.39 is 41.4 Å². The molecule has 230 valence electrons. The fourth-order valence-corrected chi connectivity index (χ4v) is 3.92. The third-order valence-electron chi connectivity index (χ3n) is 6.03. The Labute approximate surface area is 253 Å². The van der Waals surface area contributed by atoms with Crippen LogP contribution in [0.3, 0.4) is 0 Å². The summed E-state index contributed by atoms with van der Waals surface area (Å²) < 4.78 is 15.4. The first kappa shape index (κ1) is 36.1. The van der Waals surface area contributed by atoms with Gasteiger partial charge in [0.15, 0.2) is 5.76 Å². The van der Waals surface area contributed by atoms with Gasteiger partial charge in [-0.1, -0.05) is 75.1 Å². The molecule has 0 fully saturated rings. The Balaban J connectivity index is 2.73. The average Bonchev–Trinajstić information content (AvgIpc) is 2.89. The highest BCUT2D eigenvalue weighted by molar-refractivity contribution is 6.29. The summed E-state index contributed by atoms with van der Waals surface area (Å²) in [4.78, 5) is 48.4. The lowest BCUT2D eigenvalue weighted by Gasteiger charge is -2.29. The van der Waals surface area contributed by atoms with Gasteiger partial charge in [0, 0.05) is 30.2 Å². The van der Waals surface area contributed by atoms with Gasteiger partial charge in [-0.15, -0.1) is 0 Å². The van der Waals surface area contributed by atoms with Crippen LogP contribution < -0.4 is 16.4 Å². The van der Waals surface area contributed by atoms with E-state index in [0.717, 1.165) is 5.57 Å². The van der Waals surface area contributed by atoms with Crippen LogP contribution in [0.2, 0.25) is 0 Å². The molecule has 0 spiro atoms. The van der Waals surface area contributed by atoms with Gasteiger partial charge in [-0.2, -0.15) is 0 Å². The molecule has 0 bridgehead atoms. The lowest BCUT2D eigenvalue weighted by atomic mass is 9.86. The standard InChI is InChI=1S/C31H42ClN3O7/c1-20(19-21(2)24-16-17-25(40-7)29(38)42-24)11-8-9-13-26(36)35-27(31(4,5)6)28(37)34-18-10-12-23(41-30(33)39)15-14-22(3)32/h8,10-11,14,17-19,21,23-24,27H,12,15-16H2,1-7H3,(H2,33,39)(H,34,37)(H,35,36)/t21-,23+,24-,27+/m0/s1. The normalized spacial score (nSPS) is 18.2. The SMILES string of the molecule is COC1=CC[C@@H]([C@@H](C)C=C(C)C=CC#CC(=O)N[C@H](C(=O)NC=CC[C@H](CC=C(C)Cl)OC(N)=O)C(C)(C)C)OC1=O. The second-order valence-corrected chi connectivity index (χ2v) is 11.4. The largest absolute Gasteiger partial charge is 0.490 e. The maximum atomic E-state index is 12.8. The van der Waals surface area contributed by atoms with Crippen LogP contribution in [0.5, 0.6) is 0 Å². The molecular weight excluding hydrogens is 562 g/mol. The summed E-state index contributed by atoms with van der Waals surface area (Å²) in [6.45, 7) is 11.0. The predicted octanol–water partition coefficient (Wildman–Crippen LogP) is 4.52. The fourth-order valence-electron chi connectivity index (χ4n) is 3.83. The number of amides is 3. The molecule has 0 unspecified atom stereocenters. The number of nitrogens with one attached hydrogen (secondary N) is 2. The van der Waals surface area contributed by atoms with E-state index in [2.05, 4.69) is 22.5 Å². The molecule has 0 radical (unpaired) electrons. The number of methoxy groups -OCH3 is 1. The Kier molecular flexibility index (Phi) is 15.2. The van der Waals surface area contributed by atoms with Crippen LogP contribution in [-0.4, -0.2) is 49.2 Å². The summed E-state index contributed by atoms with van der Waals surface area (Å²) in [5.74, 6) is 3.80. The van der Waals surface area contributed by atoms with Crippen LogP contribution in [0.4, 0.5) is 4.79 Å². The molecule has 0 aromatic rings. The van der Waals surface area contributed by atoms with Gasteiger partial charge in [0.2, 0.25) is 5.91 Å². The third kappa shape index (κ3) is 14.1. The van der Waals surface area contributed by atoms with Gasteiger partial charge in [-0.3, -0.25) is 9.59 Å². The number of carbonyl (C=O) groups excluding carboxylic acids is 4. The zero-order chi connectivity index (χ0) is 31.9. The molecule has 4 atom stereocenters. The van der Waals surface area contributed by atoms with Crippen LogP contribution in [0, 0.1) is 23.2 Å². The van der Waals surface area contributed by atoms with E-state index in [0.29, 0.717) is 24.3 Å². The summed E-state index contributed by atoms with van der Waals surface area (Å²) in [6, 6.07) is -0.874. The number of carbonyl (C=O) groups is 4. The van der Waals surface area contributed by atoms with Crippen LogP contribution in [-0.2, 0) is 28.6 Å². The first-order valence-corrected chi connectivity index (χ1v) is 13.9. The van der Waals surface area contributed by atoms with Crippen molar-refractivity contribution >= 4 is 35.5 Å². The van der Waals surface area contributed by atoms with Gasteiger partial charge in [0.1, 0.15) is 18.2 Å². The van der Waals surface area contributed by atoms with Crippen molar-refractivity contribution in [3.63, 3.8) is 0 Å². The monoisotopic (exact) mass is 603 g/mol. The van der Waals surface area contributed by atoms with Gasteiger partial charge in [-0.05, 0) is 43.5 Å². The molecule has 1 aliphatic rings. The van der Waals surface area contributed by atoms with Crippen LogP contribution in [0.1, 0.15) is 60.8 Å². The second kappa shape index (κ2) is 17.8. The number of nitrogens with two attached hydrogens (primary N) is 1. The molecule has 11 heteroatoms. The van der Waals surface area contributed by atoms with E-state index in [-0.39, 0.29) is 17.8 Å². The highest BCUT2D eigenvalue weighted by Crippen LogP contribution is 2.23. The van der Waals surface area contributed by atoms with E-state index >= 15 is 0 Å². The van der Waals surface area contributed by atoms with E-state index in [1.54, 1.807) is 31.2 Å². The molecule has 3 amide bonds. The summed E-state index contributed by atoms with van der Waals surface area (Å²) >= 11 is 5.84. The maximum Gasteiger partial charge on any atom is 0.404 e. The Hall–Kier alpha value is -3.97. The van der Waals surface area contributed by atoms with Crippen molar-refractivity contribution in [2.45, 2.75) is 79.1 Å². The quantitative estimate of drug-likeness (QED) is 0.169. The number of rotatable bonds is 12. The number of hydrogen-bond donors (Lipinski definition) is 3. The van der Waals surface area contributed by atoms with E-state index in [1.807, 2.05) is 40.7 Å². The summed E-state index contributed by atoms with van der Waals surface area (Å²) in [6.07, 6.45) is 11.2. The molecule has 0 saturated heterocycles. The van der Waals surface area contributed by atoms with Crippen LogP contribution >= 0.6 is 11.6 Å². The van der Waals surface area contributed by atoms with Gasteiger partial charge < -0.3 is 30.6 Å². The Bertz CT molecular complexity index is 1190. The fraction of sp³-hybridized carbons (Fsp3) is 0.484. The second-order valence-electron chi connectivity index (χ2n) is 10.8. The van der Waals surface area contributed by atoms with Crippen molar-refractivity contribution < 1.29 is 33.4 Å². The maximum absolute atomic E-state index is 12.8. The molecular formula is C31H42ClN3O7. The minimum absolute atomic E-state index is 0.0436. The minimum Gasteiger partial charge on any atom is -0.490 e. The Morgan fingerprint density at radius 2 is 1.95 bits per heavy atom. The number of esters is 1. The van der Waals surface area contributed by atoms with E-state index in [4.69, 9.17) is 31.5 Å². The van der Waals surface area contributed by atoms with Gasteiger partial charge in [-0.25, -0.2) is 9.59 Å². The van der Waals surface area contributed by atoms with Crippen LogP contribution in [0.15, 0.2) is 59.0 Å². The zero-order valence-corrected chi connectivity index (χ0v) is 26.0. The summed E-state index contributed by atoms with van der Waals surface area (Å²) in [5, 5.41) is 5.86. The highest BCUT2D eigenvalue weighted by atomic mass is 35.5. The van der Waals surface area contributed by atoms with Crippen molar-refractivity contribution in [3.05, 3.63) is 59.0 Å². The van der Waals surface area contributed by atoms with Crippen molar-refractivity contribution in [2.24, 2.45) is 17.1 Å². The lowest BCUT2D eigenvalue weighted by molar-refractivity contribution is -0.151. The number of cyclic esters (lactones) is 1. The smallest absolute Gasteiger partial charge is 0.404 e. The molecule has 4 N–H and O–H groups in total. The van der Waals surface area contributed by atoms with Crippen molar-refractivity contribution in [2.75, 3.05) is 7.11 Å². The van der Waals surface area contributed by atoms with Crippen molar-refractivity contribution in [3.8, 4) is 11.8 Å². The number of primary amides is 1. The molecule has 1 heterocycles. The number of allylic oxidation sites excluding steroid dienone is 4. The molecule has 0 saturated carbocycles. The Morgan fingerprint density at radius 3 is 2.52 bits per heavy atom. The predicted molar refractivity (Wildman–Crippen MR) is 161 cm³/mol. The van der Waals surface area contributed by atoms with Crippen molar-refractivity contribution in [1.29, 1.82) is 0 Å². The van der Waals surface area contributed by atoms with Gasteiger partial charge in [0.05, 0.1) is 7.11 Å². The third-order valence-corrected chi connectivity index (χ3v) is 6.19. The molecule has 10 nitrogen and oxygen atoms in total. The van der Waals surface area contributed by atoms with Crippen LogP contribution in [0.25, 0.3) is 0 Å². The number of halogens is 1. The highest BCUT2D eigenvalue weighted by Gasteiger charge is 2.32. The molecule has 1 rings (SSSR count). The lowest BCUT2D eigenvalue weighted by Crippen LogP contribution is -2.52. The van der Waals surface area contributed by atoms with E-state index in [1.165, 1.54) is 19.4 Å².